The topological polar surface area (TPSA) is 55.1 Å². The van der Waals surface area contributed by atoms with Crippen LogP contribution in [0.5, 0.6) is 0 Å². The summed E-state index contributed by atoms with van der Waals surface area (Å²) >= 11 is 5.54. The number of nitrogens with one attached hydrogen (secondary N) is 1. The smallest absolute Gasteiger partial charge is 0.237 e. The average molecular weight is 275 g/mol. The van der Waals surface area contributed by atoms with Gasteiger partial charge < -0.3 is 11.1 Å². The number of rotatable bonds is 5. The molecule has 0 fully saturated rings. The lowest BCUT2D eigenvalue weighted by Gasteiger charge is -2.11. The summed E-state index contributed by atoms with van der Waals surface area (Å²) in [6.07, 6.45) is 0.515. The number of amides is 1. The van der Waals surface area contributed by atoms with Crippen molar-refractivity contribution in [3.63, 3.8) is 0 Å². The van der Waals surface area contributed by atoms with Crippen LogP contribution < -0.4 is 11.1 Å². The van der Waals surface area contributed by atoms with Crippen LogP contribution in [0.2, 0.25) is 0 Å². The molecule has 3 nitrogen and oxygen atoms in total. The molecule has 0 saturated heterocycles. The van der Waals surface area contributed by atoms with Crippen molar-refractivity contribution in [3.8, 4) is 0 Å². The highest BCUT2D eigenvalue weighted by molar-refractivity contribution is 6.29. The molecule has 1 amide bonds. The van der Waals surface area contributed by atoms with E-state index in [1.807, 2.05) is 30.3 Å². The zero-order valence-electron chi connectivity index (χ0n) is 9.36. The summed E-state index contributed by atoms with van der Waals surface area (Å²) < 4.78 is 0. The van der Waals surface area contributed by atoms with E-state index in [-0.39, 0.29) is 24.9 Å². The lowest BCUT2D eigenvalue weighted by atomic mass is 10.1. The Morgan fingerprint density at radius 3 is 2.53 bits per heavy atom. The van der Waals surface area contributed by atoms with E-state index in [1.165, 1.54) is 0 Å². The van der Waals surface area contributed by atoms with Crippen molar-refractivity contribution in [2.24, 2.45) is 5.73 Å². The zero-order valence-corrected chi connectivity index (χ0v) is 10.9. The van der Waals surface area contributed by atoms with E-state index < -0.39 is 6.04 Å². The van der Waals surface area contributed by atoms with Gasteiger partial charge in [0.1, 0.15) is 0 Å². The highest BCUT2D eigenvalue weighted by Crippen LogP contribution is 2.02. The third-order valence-electron chi connectivity index (χ3n) is 2.09. The monoisotopic (exact) mass is 274 g/mol. The molecule has 1 atom stereocenters. The lowest BCUT2D eigenvalue weighted by molar-refractivity contribution is -0.122. The summed E-state index contributed by atoms with van der Waals surface area (Å²) in [7, 11) is 0. The molecule has 0 radical (unpaired) electrons. The standard InChI is InChI=1S/C12H15ClN2O.ClH/c1-9(13)8-15-12(16)11(14)7-10-5-3-2-4-6-10;/h2-6,11H,1,7-8,14H2,(H,15,16);1H/t11-;/m0./s1. The minimum absolute atomic E-state index is 0. The maximum Gasteiger partial charge on any atom is 0.237 e. The maximum absolute atomic E-state index is 11.5. The van der Waals surface area contributed by atoms with E-state index in [2.05, 4.69) is 11.9 Å². The van der Waals surface area contributed by atoms with Gasteiger partial charge in [-0.1, -0.05) is 48.5 Å². The number of halogens is 2. The van der Waals surface area contributed by atoms with Gasteiger partial charge in [0.25, 0.3) is 0 Å². The van der Waals surface area contributed by atoms with Gasteiger partial charge in [-0.3, -0.25) is 4.79 Å². The molecule has 3 N–H and O–H groups in total. The molecular formula is C12H16Cl2N2O. The molecule has 1 aromatic rings. The predicted octanol–water partition coefficient (Wildman–Crippen LogP) is 1.85. The van der Waals surface area contributed by atoms with Crippen LogP contribution in [0.4, 0.5) is 0 Å². The molecule has 0 aliphatic heterocycles. The van der Waals surface area contributed by atoms with Crippen LogP contribution in [0.25, 0.3) is 0 Å². The largest absolute Gasteiger partial charge is 0.350 e. The second kappa shape index (κ2) is 8.12. The lowest BCUT2D eigenvalue weighted by Crippen LogP contribution is -2.42. The van der Waals surface area contributed by atoms with E-state index in [4.69, 9.17) is 17.3 Å². The molecule has 0 spiro atoms. The molecular weight excluding hydrogens is 259 g/mol. The number of nitrogens with two attached hydrogens (primary N) is 1. The van der Waals surface area contributed by atoms with Gasteiger partial charge in [-0.15, -0.1) is 12.4 Å². The number of carbonyl (C=O) groups is 1. The van der Waals surface area contributed by atoms with Gasteiger partial charge in [-0.25, -0.2) is 0 Å². The average Bonchev–Trinajstić information content (AvgIpc) is 2.27. The summed E-state index contributed by atoms with van der Waals surface area (Å²) in [6, 6.07) is 9.08. The van der Waals surface area contributed by atoms with Crippen molar-refractivity contribution in [2.45, 2.75) is 12.5 Å². The molecule has 17 heavy (non-hydrogen) atoms. The van der Waals surface area contributed by atoms with Crippen molar-refractivity contribution in [2.75, 3.05) is 6.54 Å². The second-order valence-corrected chi connectivity index (χ2v) is 4.07. The number of hydrogen-bond donors (Lipinski definition) is 2. The number of hydrogen-bond acceptors (Lipinski definition) is 2. The van der Waals surface area contributed by atoms with E-state index in [1.54, 1.807) is 0 Å². The molecule has 0 bridgehead atoms. The first-order chi connectivity index (χ1) is 7.59. The molecule has 0 aromatic heterocycles. The number of carbonyl (C=O) groups excluding carboxylic acids is 1. The quantitative estimate of drug-likeness (QED) is 0.861. The normalized spacial score (nSPS) is 11.2. The highest BCUT2D eigenvalue weighted by Gasteiger charge is 2.13. The van der Waals surface area contributed by atoms with Crippen LogP contribution in [-0.4, -0.2) is 18.5 Å². The summed E-state index contributed by atoms with van der Waals surface area (Å²) in [5, 5.41) is 3.00. The summed E-state index contributed by atoms with van der Waals surface area (Å²) in [5.74, 6) is -0.217. The summed E-state index contributed by atoms with van der Waals surface area (Å²) in [4.78, 5) is 11.5. The van der Waals surface area contributed by atoms with Gasteiger partial charge in [0.15, 0.2) is 0 Å². The van der Waals surface area contributed by atoms with Crippen molar-refractivity contribution in [3.05, 3.63) is 47.5 Å². The molecule has 0 unspecified atom stereocenters. The van der Waals surface area contributed by atoms with E-state index >= 15 is 0 Å². The molecule has 5 heteroatoms. The van der Waals surface area contributed by atoms with E-state index in [0.29, 0.717) is 11.5 Å². The first-order valence-corrected chi connectivity index (χ1v) is 5.38. The Balaban J connectivity index is 0.00000256. The zero-order chi connectivity index (χ0) is 12.0. The SMILES string of the molecule is C=C(Cl)CNC(=O)[C@@H](N)Cc1ccccc1.Cl. The summed E-state index contributed by atoms with van der Waals surface area (Å²) in [5.41, 5.74) is 6.79. The van der Waals surface area contributed by atoms with Crippen molar-refractivity contribution in [1.82, 2.24) is 5.32 Å². The van der Waals surface area contributed by atoms with Crippen LogP contribution in [0.15, 0.2) is 41.9 Å². The van der Waals surface area contributed by atoms with Crippen LogP contribution in [-0.2, 0) is 11.2 Å². The summed E-state index contributed by atoms with van der Waals surface area (Å²) in [6.45, 7) is 3.73. The van der Waals surface area contributed by atoms with E-state index in [0.717, 1.165) is 5.56 Å². The molecule has 1 rings (SSSR count). The Kier molecular flexibility index (Phi) is 7.63. The van der Waals surface area contributed by atoms with Crippen LogP contribution in [0.1, 0.15) is 5.56 Å². The molecule has 1 aromatic carbocycles. The molecule has 0 saturated carbocycles. The Hall–Kier alpha value is -1.03. The Morgan fingerprint density at radius 1 is 1.41 bits per heavy atom. The molecule has 0 heterocycles. The van der Waals surface area contributed by atoms with Gasteiger partial charge in [0.2, 0.25) is 5.91 Å². The molecule has 0 aliphatic rings. The minimum atomic E-state index is -0.557. The first-order valence-electron chi connectivity index (χ1n) is 5.00. The maximum atomic E-state index is 11.5. The second-order valence-electron chi connectivity index (χ2n) is 3.53. The fraction of sp³-hybridized carbons (Fsp3) is 0.250. The first kappa shape index (κ1) is 16.0. The van der Waals surface area contributed by atoms with E-state index in [9.17, 15) is 4.79 Å². The fourth-order valence-electron chi connectivity index (χ4n) is 1.27. The Labute approximate surface area is 112 Å². The minimum Gasteiger partial charge on any atom is -0.350 e. The highest BCUT2D eigenvalue weighted by atomic mass is 35.5. The van der Waals surface area contributed by atoms with Crippen molar-refractivity contribution in [1.29, 1.82) is 0 Å². The Bertz CT molecular complexity index is 368. The predicted molar refractivity (Wildman–Crippen MR) is 73.4 cm³/mol. The van der Waals surface area contributed by atoms with Gasteiger partial charge >= 0.3 is 0 Å². The van der Waals surface area contributed by atoms with Gasteiger partial charge in [0.05, 0.1) is 12.6 Å². The van der Waals surface area contributed by atoms with Gasteiger partial charge in [-0.05, 0) is 12.0 Å². The van der Waals surface area contributed by atoms with Crippen LogP contribution >= 0.6 is 24.0 Å². The number of benzene rings is 1. The Morgan fingerprint density at radius 2 is 2.00 bits per heavy atom. The van der Waals surface area contributed by atoms with Gasteiger partial charge in [-0.2, -0.15) is 0 Å². The van der Waals surface area contributed by atoms with Gasteiger partial charge in [0, 0.05) is 5.03 Å². The van der Waals surface area contributed by atoms with Crippen LogP contribution in [0, 0.1) is 0 Å². The third kappa shape index (κ3) is 6.31. The fourth-order valence-corrected chi connectivity index (χ4v) is 1.34. The molecule has 0 aliphatic carbocycles. The third-order valence-corrected chi connectivity index (χ3v) is 2.22. The molecule has 94 valence electrons. The van der Waals surface area contributed by atoms with Crippen molar-refractivity contribution < 1.29 is 4.79 Å². The van der Waals surface area contributed by atoms with Crippen LogP contribution in [0.3, 0.4) is 0 Å². The van der Waals surface area contributed by atoms with Crippen molar-refractivity contribution >= 4 is 29.9 Å².